The highest BCUT2D eigenvalue weighted by Gasteiger charge is 2.21. The molecule has 0 atom stereocenters. The highest BCUT2D eigenvalue weighted by atomic mass is 19.3. The molecule has 0 spiro atoms. The van der Waals surface area contributed by atoms with Crippen molar-refractivity contribution in [3.8, 4) is 5.75 Å². The van der Waals surface area contributed by atoms with E-state index in [4.69, 9.17) is 0 Å². The number of halogens is 2. The lowest BCUT2D eigenvalue weighted by Crippen LogP contribution is -2.28. The number of ether oxygens (including phenoxy) is 1. The lowest BCUT2D eigenvalue weighted by atomic mass is 10.1. The van der Waals surface area contributed by atoms with Gasteiger partial charge in [0.15, 0.2) is 0 Å². The summed E-state index contributed by atoms with van der Waals surface area (Å²) < 4.78 is 28.5. The first-order valence-electron chi connectivity index (χ1n) is 8.00. The van der Waals surface area contributed by atoms with Gasteiger partial charge in [0.25, 0.3) is 5.91 Å². The number of anilines is 1. The number of nitrogens with one attached hydrogen (secondary N) is 2. The fourth-order valence-corrected chi connectivity index (χ4v) is 2.61. The summed E-state index contributed by atoms with van der Waals surface area (Å²) in [6.07, 6.45) is 0. The van der Waals surface area contributed by atoms with Crippen molar-refractivity contribution < 1.29 is 23.1 Å². The Hall–Kier alpha value is -3.16. The Labute approximate surface area is 148 Å². The Morgan fingerprint density at radius 2 is 2.00 bits per heavy atom. The number of urea groups is 1. The second-order valence-corrected chi connectivity index (χ2v) is 5.64. The molecule has 0 unspecified atom stereocenters. The van der Waals surface area contributed by atoms with Crippen molar-refractivity contribution in [2.45, 2.75) is 13.2 Å². The van der Waals surface area contributed by atoms with Crippen LogP contribution in [0.4, 0.5) is 19.3 Å². The zero-order valence-electron chi connectivity index (χ0n) is 13.7. The molecule has 1 aliphatic heterocycles. The van der Waals surface area contributed by atoms with Gasteiger partial charge in [0, 0.05) is 30.9 Å². The molecule has 1 aliphatic rings. The maximum Gasteiger partial charge on any atom is 0.387 e. The van der Waals surface area contributed by atoms with Gasteiger partial charge in [-0.25, -0.2) is 4.79 Å². The van der Waals surface area contributed by atoms with Gasteiger partial charge in [-0.1, -0.05) is 18.2 Å². The van der Waals surface area contributed by atoms with Crippen molar-refractivity contribution in [1.82, 2.24) is 10.6 Å². The third-order valence-electron chi connectivity index (χ3n) is 3.88. The number of benzene rings is 2. The van der Waals surface area contributed by atoms with E-state index in [1.807, 2.05) is 0 Å². The van der Waals surface area contributed by atoms with Crippen LogP contribution in [0.25, 0.3) is 0 Å². The van der Waals surface area contributed by atoms with Crippen LogP contribution in [0.5, 0.6) is 5.75 Å². The minimum absolute atomic E-state index is 0.0617. The molecule has 2 aromatic carbocycles. The van der Waals surface area contributed by atoms with E-state index in [1.54, 1.807) is 41.3 Å². The third kappa shape index (κ3) is 4.27. The van der Waals surface area contributed by atoms with Gasteiger partial charge in [-0.3, -0.25) is 9.69 Å². The Balaban J connectivity index is 1.60. The van der Waals surface area contributed by atoms with E-state index in [-0.39, 0.29) is 24.2 Å². The number of nitrogens with zero attached hydrogens (tertiary/aromatic N) is 1. The van der Waals surface area contributed by atoms with Crippen molar-refractivity contribution in [3.63, 3.8) is 0 Å². The van der Waals surface area contributed by atoms with E-state index in [2.05, 4.69) is 15.4 Å². The van der Waals surface area contributed by atoms with Crippen LogP contribution in [-0.2, 0) is 6.54 Å². The van der Waals surface area contributed by atoms with E-state index in [9.17, 15) is 18.4 Å². The van der Waals surface area contributed by atoms with Gasteiger partial charge in [-0.15, -0.1) is 0 Å². The predicted molar refractivity (Wildman–Crippen MR) is 91.4 cm³/mol. The van der Waals surface area contributed by atoms with Crippen molar-refractivity contribution in [3.05, 3.63) is 59.7 Å². The maximum atomic E-state index is 12.3. The molecule has 0 bridgehead atoms. The average Bonchev–Trinajstić information content (AvgIpc) is 3.06. The predicted octanol–water partition coefficient (Wildman–Crippen LogP) is 2.75. The zero-order valence-corrected chi connectivity index (χ0v) is 13.7. The molecule has 0 saturated carbocycles. The molecule has 0 aromatic heterocycles. The second kappa shape index (κ2) is 7.81. The van der Waals surface area contributed by atoms with Crippen molar-refractivity contribution >= 4 is 17.6 Å². The topological polar surface area (TPSA) is 70.7 Å². The monoisotopic (exact) mass is 361 g/mol. The van der Waals surface area contributed by atoms with Crippen LogP contribution in [0.15, 0.2) is 48.5 Å². The molecule has 3 rings (SSSR count). The molecule has 1 fully saturated rings. The van der Waals surface area contributed by atoms with Crippen molar-refractivity contribution in [1.29, 1.82) is 0 Å². The van der Waals surface area contributed by atoms with Crippen LogP contribution >= 0.6 is 0 Å². The first-order chi connectivity index (χ1) is 12.5. The van der Waals surface area contributed by atoms with E-state index < -0.39 is 6.61 Å². The Morgan fingerprint density at radius 3 is 2.65 bits per heavy atom. The number of carbonyl (C=O) groups excluding carboxylic acids is 2. The van der Waals surface area contributed by atoms with Gasteiger partial charge in [0.1, 0.15) is 5.75 Å². The quantitative estimate of drug-likeness (QED) is 0.831. The Kier molecular flexibility index (Phi) is 5.31. The molecule has 2 N–H and O–H groups in total. The van der Waals surface area contributed by atoms with Gasteiger partial charge in [0.05, 0.1) is 0 Å². The molecular formula is C18H17F2N3O3. The number of hydrogen-bond donors (Lipinski definition) is 2. The van der Waals surface area contributed by atoms with Crippen molar-refractivity contribution in [2.75, 3.05) is 18.0 Å². The molecule has 1 saturated heterocycles. The molecule has 8 heteroatoms. The van der Waals surface area contributed by atoms with Crippen LogP contribution in [0.3, 0.4) is 0 Å². The van der Waals surface area contributed by atoms with Crippen LogP contribution in [0, 0.1) is 0 Å². The fourth-order valence-electron chi connectivity index (χ4n) is 2.61. The van der Waals surface area contributed by atoms with E-state index in [0.717, 1.165) is 5.56 Å². The van der Waals surface area contributed by atoms with Crippen LogP contribution in [0.1, 0.15) is 15.9 Å². The molecule has 0 radical (unpaired) electrons. The summed E-state index contributed by atoms with van der Waals surface area (Å²) in [6.45, 7) is -1.51. The van der Waals surface area contributed by atoms with Gasteiger partial charge in [-0.05, 0) is 35.9 Å². The number of hydrogen-bond acceptors (Lipinski definition) is 3. The SMILES string of the molecule is O=C(NCc1ccc(OC(F)F)cc1)c1cccc(N2CCNC2=O)c1. The van der Waals surface area contributed by atoms with E-state index in [1.165, 1.54) is 12.1 Å². The van der Waals surface area contributed by atoms with E-state index >= 15 is 0 Å². The summed E-state index contributed by atoms with van der Waals surface area (Å²) in [4.78, 5) is 25.6. The van der Waals surface area contributed by atoms with Crippen molar-refractivity contribution in [2.24, 2.45) is 0 Å². The van der Waals surface area contributed by atoms with Crippen LogP contribution < -0.4 is 20.3 Å². The molecule has 6 nitrogen and oxygen atoms in total. The summed E-state index contributed by atoms with van der Waals surface area (Å²) >= 11 is 0. The maximum absolute atomic E-state index is 12.3. The van der Waals surface area contributed by atoms with Gasteiger partial charge < -0.3 is 15.4 Å². The third-order valence-corrected chi connectivity index (χ3v) is 3.88. The Morgan fingerprint density at radius 1 is 1.23 bits per heavy atom. The number of rotatable bonds is 6. The molecule has 26 heavy (non-hydrogen) atoms. The average molecular weight is 361 g/mol. The first-order valence-corrected chi connectivity index (χ1v) is 8.00. The summed E-state index contributed by atoms with van der Waals surface area (Å²) in [5.74, 6) is -0.231. The lowest BCUT2D eigenvalue weighted by molar-refractivity contribution is -0.0498. The molecule has 0 aliphatic carbocycles. The molecule has 136 valence electrons. The summed E-state index contributed by atoms with van der Waals surface area (Å²) in [5, 5.41) is 5.47. The van der Waals surface area contributed by atoms with Gasteiger partial charge >= 0.3 is 12.6 Å². The highest BCUT2D eigenvalue weighted by molar-refractivity contribution is 5.98. The first kappa shape index (κ1) is 17.7. The standard InChI is InChI=1S/C18H17F2N3O3/c19-17(20)26-15-6-4-12(5-7-15)11-22-16(24)13-2-1-3-14(10-13)23-9-8-21-18(23)25/h1-7,10,17H,8-9,11H2,(H,21,25)(H,22,24). The van der Waals surface area contributed by atoms with E-state index in [0.29, 0.717) is 24.3 Å². The smallest absolute Gasteiger partial charge is 0.387 e. The molecule has 2 aromatic rings. The zero-order chi connectivity index (χ0) is 18.5. The molecule has 1 heterocycles. The van der Waals surface area contributed by atoms with Gasteiger partial charge in [0.2, 0.25) is 0 Å². The molecule has 3 amide bonds. The van der Waals surface area contributed by atoms with Crippen LogP contribution in [-0.4, -0.2) is 31.6 Å². The Bertz CT molecular complexity index is 797. The lowest BCUT2D eigenvalue weighted by Gasteiger charge is -2.15. The number of amides is 3. The largest absolute Gasteiger partial charge is 0.435 e. The summed E-state index contributed by atoms with van der Waals surface area (Å²) in [7, 11) is 0. The second-order valence-electron chi connectivity index (χ2n) is 5.64. The number of alkyl halides is 2. The van der Waals surface area contributed by atoms with Gasteiger partial charge in [-0.2, -0.15) is 8.78 Å². The minimum Gasteiger partial charge on any atom is -0.435 e. The number of carbonyl (C=O) groups is 2. The van der Waals surface area contributed by atoms with Crippen LogP contribution in [0.2, 0.25) is 0 Å². The minimum atomic E-state index is -2.87. The summed E-state index contributed by atoms with van der Waals surface area (Å²) in [5.41, 5.74) is 1.83. The normalized spacial score (nSPS) is 13.7. The highest BCUT2D eigenvalue weighted by Crippen LogP contribution is 2.18. The molecular weight excluding hydrogens is 344 g/mol. The fraction of sp³-hybridized carbons (Fsp3) is 0.222. The summed E-state index contributed by atoms with van der Waals surface area (Å²) in [6, 6.07) is 12.6.